The second-order valence-electron chi connectivity index (χ2n) is 5.73. The lowest BCUT2D eigenvalue weighted by Gasteiger charge is -2.18. The summed E-state index contributed by atoms with van der Waals surface area (Å²) in [6.07, 6.45) is 5.14. The summed E-state index contributed by atoms with van der Waals surface area (Å²) < 4.78 is 0. The number of hydrogen-bond acceptors (Lipinski definition) is 3. The Kier molecular flexibility index (Phi) is 4.33. The Bertz CT molecular complexity index is 996. The third kappa shape index (κ3) is 3.15. The van der Waals surface area contributed by atoms with E-state index in [0.717, 1.165) is 16.8 Å². The Labute approximate surface area is 156 Å². The van der Waals surface area contributed by atoms with Gasteiger partial charge in [-0.3, -0.25) is 14.7 Å². The van der Waals surface area contributed by atoms with Gasteiger partial charge in [-0.25, -0.2) is 4.99 Å². The number of amides is 1. The molecule has 4 nitrogen and oxygen atoms in total. The van der Waals surface area contributed by atoms with E-state index in [1.807, 2.05) is 54.6 Å². The number of nitrogens with zero attached hydrogens (tertiary/aromatic N) is 3. The zero-order chi connectivity index (χ0) is 17.9. The molecule has 0 radical (unpaired) electrons. The van der Waals surface area contributed by atoms with Gasteiger partial charge >= 0.3 is 0 Å². The number of aromatic nitrogens is 1. The molecule has 26 heavy (non-hydrogen) atoms. The van der Waals surface area contributed by atoms with Crippen LogP contribution in [0.5, 0.6) is 0 Å². The highest BCUT2D eigenvalue weighted by Gasteiger charge is 2.32. The molecule has 1 aliphatic rings. The van der Waals surface area contributed by atoms with Crippen LogP contribution >= 0.6 is 11.6 Å². The standard InChI is InChI=1S/C21H14ClN3O/c22-17-8-6-16(7-9-17)20-24-19(14-15-10-12-23-13-11-15)21(26)25(20)18-4-2-1-3-5-18/h1-14H/b19-14+. The highest BCUT2D eigenvalue weighted by Crippen LogP contribution is 2.28. The fraction of sp³-hybridized carbons (Fsp3) is 0. The van der Waals surface area contributed by atoms with Crippen LogP contribution in [0, 0.1) is 0 Å². The number of amidine groups is 1. The molecule has 2 aromatic carbocycles. The minimum Gasteiger partial charge on any atom is -0.266 e. The zero-order valence-electron chi connectivity index (χ0n) is 13.7. The first-order valence-corrected chi connectivity index (χ1v) is 8.46. The topological polar surface area (TPSA) is 45.6 Å². The molecule has 0 fully saturated rings. The van der Waals surface area contributed by atoms with E-state index in [1.54, 1.807) is 35.5 Å². The van der Waals surface area contributed by atoms with Crippen LogP contribution in [0.15, 0.2) is 89.8 Å². The van der Waals surface area contributed by atoms with Crippen LogP contribution in [0.4, 0.5) is 5.69 Å². The zero-order valence-corrected chi connectivity index (χ0v) is 14.5. The van der Waals surface area contributed by atoms with E-state index < -0.39 is 0 Å². The Hall–Kier alpha value is -3.24. The Morgan fingerprint density at radius 3 is 2.27 bits per heavy atom. The van der Waals surface area contributed by atoms with Crippen LogP contribution in [0.2, 0.25) is 5.02 Å². The lowest BCUT2D eigenvalue weighted by molar-refractivity contribution is -0.113. The number of pyridine rings is 1. The van der Waals surface area contributed by atoms with Crippen LogP contribution in [-0.2, 0) is 4.79 Å². The number of aliphatic imine (C=N–C) groups is 1. The largest absolute Gasteiger partial charge is 0.282 e. The molecule has 0 atom stereocenters. The summed E-state index contributed by atoms with van der Waals surface area (Å²) in [6, 6.07) is 20.5. The predicted octanol–water partition coefficient (Wildman–Crippen LogP) is 4.57. The molecular formula is C21H14ClN3O. The lowest BCUT2D eigenvalue weighted by atomic mass is 10.1. The van der Waals surface area contributed by atoms with Gasteiger partial charge in [-0.1, -0.05) is 29.8 Å². The molecule has 0 aliphatic carbocycles. The fourth-order valence-corrected chi connectivity index (χ4v) is 2.87. The molecule has 1 aliphatic heterocycles. The van der Waals surface area contributed by atoms with Crippen molar-refractivity contribution >= 4 is 35.1 Å². The van der Waals surface area contributed by atoms with E-state index >= 15 is 0 Å². The highest BCUT2D eigenvalue weighted by molar-refractivity contribution is 6.34. The van der Waals surface area contributed by atoms with Crippen LogP contribution < -0.4 is 4.90 Å². The molecule has 0 saturated carbocycles. The number of anilines is 1. The molecule has 4 rings (SSSR count). The second kappa shape index (κ2) is 6.94. The molecule has 0 bridgehead atoms. The smallest absolute Gasteiger partial charge is 0.266 e. The SMILES string of the molecule is O=C1/C(=C\c2ccncc2)N=C(c2ccc(Cl)cc2)N1c1ccccc1. The molecule has 5 heteroatoms. The van der Waals surface area contributed by atoms with Crippen LogP contribution in [-0.4, -0.2) is 16.7 Å². The van der Waals surface area contributed by atoms with Gasteiger partial charge in [0.05, 0.1) is 5.69 Å². The van der Waals surface area contributed by atoms with Crippen LogP contribution in [0.1, 0.15) is 11.1 Å². The monoisotopic (exact) mass is 359 g/mol. The van der Waals surface area contributed by atoms with Gasteiger partial charge < -0.3 is 0 Å². The minimum absolute atomic E-state index is 0.169. The average molecular weight is 360 g/mol. The molecule has 126 valence electrons. The maximum Gasteiger partial charge on any atom is 0.282 e. The first kappa shape index (κ1) is 16.2. The second-order valence-corrected chi connectivity index (χ2v) is 6.16. The van der Waals surface area contributed by atoms with E-state index in [2.05, 4.69) is 9.98 Å². The fourth-order valence-electron chi connectivity index (χ4n) is 2.74. The first-order valence-electron chi connectivity index (χ1n) is 8.08. The van der Waals surface area contributed by atoms with Crippen molar-refractivity contribution in [1.29, 1.82) is 0 Å². The van der Waals surface area contributed by atoms with Crippen LogP contribution in [0.3, 0.4) is 0 Å². The van der Waals surface area contributed by atoms with Gasteiger partial charge in [0.1, 0.15) is 11.5 Å². The van der Waals surface area contributed by atoms with Gasteiger partial charge in [-0.15, -0.1) is 0 Å². The van der Waals surface area contributed by atoms with Crippen molar-refractivity contribution in [3.05, 3.63) is 101 Å². The highest BCUT2D eigenvalue weighted by atomic mass is 35.5. The molecule has 0 spiro atoms. The van der Waals surface area contributed by atoms with Gasteiger partial charge in [0.2, 0.25) is 0 Å². The molecule has 0 unspecified atom stereocenters. The summed E-state index contributed by atoms with van der Waals surface area (Å²) in [5.74, 6) is 0.413. The Morgan fingerprint density at radius 1 is 0.885 bits per heavy atom. The van der Waals surface area contributed by atoms with Crippen molar-refractivity contribution < 1.29 is 4.79 Å². The van der Waals surface area contributed by atoms with Crippen LogP contribution in [0.25, 0.3) is 6.08 Å². The molecule has 0 N–H and O–H groups in total. The Morgan fingerprint density at radius 2 is 1.58 bits per heavy atom. The molecule has 1 amide bonds. The van der Waals surface area contributed by atoms with Gasteiger partial charge in [-0.2, -0.15) is 0 Å². The van der Waals surface area contributed by atoms with Crippen molar-refractivity contribution in [3.63, 3.8) is 0 Å². The summed E-state index contributed by atoms with van der Waals surface area (Å²) in [4.78, 5) is 23.3. The lowest BCUT2D eigenvalue weighted by Crippen LogP contribution is -2.32. The maximum absolute atomic E-state index is 13.1. The summed E-state index contributed by atoms with van der Waals surface area (Å²) >= 11 is 6.00. The number of rotatable bonds is 3. The summed E-state index contributed by atoms with van der Waals surface area (Å²) in [7, 11) is 0. The minimum atomic E-state index is -0.169. The number of hydrogen-bond donors (Lipinski definition) is 0. The summed E-state index contributed by atoms with van der Waals surface area (Å²) in [5.41, 5.74) is 2.84. The third-order valence-electron chi connectivity index (χ3n) is 3.99. The van der Waals surface area contributed by atoms with E-state index in [9.17, 15) is 4.79 Å². The van der Waals surface area contributed by atoms with Gasteiger partial charge in [0, 0.05) is 23.0 Å². The summed E-state index contributed by atoms with van der Waals surface area (Å²) in [6.45, 7) is 0. The van der Waals surface area contributed by atoms with Crippen molar-refractivity contribution in [2.75, 3.05) is 4.90 Å². The van der Waals surface area contributed by atoms with Gasteiger partial charge in [-0.05, 0) is 60.2 Å². The van der Waals surface area contributed by atoms with Gasteiger partial charge in [0.25, 0.3) is 5.91 Å². The van der Waals surface area contributed by atoms with E-state index in [1.165, 1.54) is 0 Å². The normalized spacial score (nSPS) is 15.4. The molecule has 3 aromatic rings. The molecule has 2 heterocycles. The molecule has 0 saturated heterocycles. The number of para-hydroxylation sites is 1. The quantitative estimate of drug-likeness (QED) is 0.643. The van der Waals surface area contributed by atoms with E-state index in [0.29, 0.717) is 16.6 Å². The third-order valence-corrected chi connectivity index (χ3v) is 4.24. The molecule has 1 aromatic heterocycles. The number of carbonyl (C=O) groups is 1. The maximum atomic E-state index is 13.1. The van der Waals surface area contributed by atoms with Crippen molar-refractivity contribution in [1.82, 2.24) is 4.98 Å². The predicted molar refractivity (Wildman–Crippen MR) is 104 cm³/mol. The summed E-state index contributed by atoms with van der Waals surface area (Å²) in [5, 5.41) is 0.637. The Balaban J connectivity index is 1.82. The number of carbonyl (C=O) groups excluding carboxylic acids is 1. The number of halogens is 1. The average Bonchev–Trinajstić information content (AvgIpc) is 3.00. The van der Waals surface area contributed by atoms with E-state index in [-0.39, 0.29) is 5.91 Å². The van der Waals surface area contributed by atoms with Crippen molar-refractivity contribution in [2.24, 2.45) is 4.99 Å². The van der Waals surface area contributed by atoms with Crippen molar-refractivity contribution in [3.8, 4) is 0 Å². The van der Waals surface area contributed by atoms with Crippen molar-refractivity contribution in [2.45, 2.75) is 0 Å². The van der Waals surface area contributed by atoms with Gasteiger partial charge in [0.15, 0.2) is 0 Å². The number of benzene rings is 2. The molecular weight excluding hydrogens is 346 g/mol. The van der Waals surface area contributed by atoms with E-state index in [4.69, 9.17) is 11.6 Å². The first-order chi connectivity index (χ1) is 12.7.